The highest BCUT2D eigenvalue weighted by molar-refractivity contribution is 9.10. The van der Waals surface area contributed by atoms with E-state index < -0.39 is 0 Å². The number of aryl methyl sites for hydroxylation is 1. The lowest BCUT2D eigenvalue weighted by molar-refractivity contribution is 0.479. The van der Waals surface area contributed by atoms with Crippen molar-refractivity contribution >= 4 is 15.9 Å². The Morgan fingerprint density at radius 3 is 2.33 bits per heavy atom. The normalized spacial score (nSPS) is 12.2. The monoisotopic (exact) mass is 305 g/mol. The molecule has 0 amide bonds. The van der Waals surface area contributed by atoms with Gasteiger partial charge in [-0.05, 0) is 59.6 Å². The first-order valence-corrected chi connectivity index (χ1v) is 6.65. The van der Waals surface area contributed by atoms with Crippen molar-refractivity contribution in [2.75, 3.05) is 0 Å². The summed E-state index contributed by atoms with van der Waals surface area (Å²) in [5.74, 6) is 1.62. The van der Waals surface area contributed by atoms with Crippen LogP contribution in [0.5, 0.6) is 11.5 Å². The summed E-state index contributed by atoms with van der Waals surface area (Å²) in [6, 6.07) is 13.9. The highest BCUT2D eigenvalue weighted by Gasteiger charge is 2.06. The molecule has 0 saturated heterocycles. The van der Waals surface area contributed by atoms with Gasteiger partial charge in [0.25, 0.3) is 0 Å². The first-order chi connectivity index (χ1) is 8.56. The van der Waals surface area contributed by atoms with E-state index in [-0.39, 0.29) is 6.04 Å². The minimum absolute atomic E-state index is 0.0229. The molecule has 1 unspecified atom stereocenters. The van der Waals surface area contributed by atoms with Gasteiger partial charge in [0, 0.05) is 6.04 Å². The summed E-state index contributed by atoms with van der Waals surface area (Å²) in [7, 11) is 0. The van der Waals surface area contributed by atoms with Gasteiger partial charge in [0.2, 0.25) is 0 Å². The average molecular weight is 306 g/mol. The van der Waals surface area contributed by atoms with Crippen LogP contribution in [0, 0.1) is 6.92 Å². The fourth-order valence-corrected chi connectivity index (χ4v) is 2.09. The molecule has 0 aliphatic heterocycles. The van der Waals surface area contributed by atoms with E-state index >= 15 is 0 Å². The molecule has 0 radical (unpaired) electrons. The maximum Gasteiger partial charge on any atom is 0.141 e. The minimum atomic E-state index is 0.0229. The molecule has 2 aromatic carbocycles. The fourth-order valence-electron chi connectivity index (χ4n) is 1.62. The number of hydrogen-bond acceptors (Lipinski definition) is 2. The van der Waals surface area contributed by atoms with E-state index in [1.54, 1.807) is 0 Å². The van der Waals surface area contributed by atoms with E-state index in [9.17, 15) is 0 Å². The predicted octanol–water partition coefficient (Wildman–Crippen LogP) is 4.57. The summed E-state index contributed by atoms with van der Waals surface area (Å²) in [6.07, 6.45) is 0. The summed E-state index contributed by atoms with van der Waals surface area (Å²) in [4.78, 5) is 0. The second kappa shape index (κ2) is 5.55. The first kappa shape index (κ1) is 13.1. The van der Waals surface area contributed by atoms with Crippen molar-refractivity contribution in [1.29, 1.82) is 0 Å². The Bertz CT molecular complexity index is 535. The molecule has 3 heteroatoms. The molecular formula is C15H16BrNO. The molecular weight excluding hydrogens is 290 g/mol. The molecule has 0 heterocycles. The van der Waals surface area contributed by atoms with Crippen LogP contribution >= 0.6 is 15.9 Å². The molecule has 0 spiro atoms. The van der Waals surface area contributed by atoms with Crippen LogP contribution in [0.1, 0.15) is 24.1 Å². The van der Waals surface area contributed by atoms with Crippen molar-refractivity contribution < 1.29 is 4.74 Å². The van der Waals surface area contributed by atoms with E-state index in [4.69, 9.17) is 10.5 Å². The topological polar surface area (TPSA) is 35.2 Å². The van der Waals surface area contributed by atoms with Crippen molar-refractivity contribution in [2.45, 2.75) is 19.9 Å². The van der Waals surface area contributed by atoms with Gasteiger partial charge in [0.05, 0.1) is 4.47 Å². The van der Waals surface area contributed by atoms with Crippen LogP contribution in [0.4, 0.5) is 0 Å². The van der Waals surface area contributed by atoms with Gasteiger partial charge >= 0.3 is 0 Å². The van der Waals surface area contributed by atoms with Crippen LogP contribution in [0.3, 0.4) is 0 Å². The van der Waals surface area contributed by atoms with Crippen molar-refractivity contribution in [3.63, 3.8) is 0 Å². The standard InChI is InChI=1S/C15H16BrNO/c1-10-3-6-13(7-4-10)18-15-8-5-12(11(2)17)9-14(15)16/h3-9,11H,17H2,1-2H3. The second-order valence-electron chi connectivity index (χ2n) is 4.39. The van der Waals surface area contributed by atoms with E-state index in [0.717, 1.165) is 21.5 Å². The number of halogens is 1. The van der Waals surface area contributed by atoms with Crippen molar-refractivity contribution in [1.82, 2.24) is 0 Å². The van der Waals surface area contributed by atoms with E-state index in [1.165, 1.54) is 5.56 Å². The van der Waals surface area contributed by atoms with Crippen molar-refractivity contribution in [3.05, 3.63) is 58.1 Å². The van der Waals surface area contributed by atoms with Gasteiger partial charge in [-0.1, -0.05) is 23.8 Å². The quantitative estimate of drug-likeness (QED) is 0.901. The predicted molar refractivity (Wildman–Crippen MR) is 78.0 cm³/mol. The van der Waals surface area contributed by atoms with Crippen LogP contribution in [0.2, 0.25) is 0 Å². The number of nitrogens with two attached hydrogens (primary N) is 1. The molecule has 94 valence electrons. The summed E-state index contributed by atoms with van der Waals surface area (Å²) in [5, 5.41) is 0. The zero-order valence-corrected chi connectivity index (χ0v) is 12.1. The van der Waals surface area contributed by atoms with Gasteiger partial charge in [0.15, 0.2) is 0 Å². The van der Waals surface area contributed by atoms with E-state index in [1.807, 2.05) is 49.4 Å². The zero-order valence-electron chi connectivity index (χ0n) is 10.5. The number of benzene rings is 2. The Hall–Kier alpha value is -1.32. The molecule has 1 atom stereocenters. The lowest BCUT2D eigenvalue weighted by atomic mass is 10.1. The van der Waals surface area contributed by atoms with Gasteiger partial charge in [-0.3, -0.25) is 0 Å². The highest BCUT2D eigenvalue weighted by atomic mass is 79.9. The summed E-state index contributed by atoms with van der Waals surface area (Å²) in [5.41, 5.74) is 8.14. The Kier molecular flexibility index (Phi) is 4.04. The minimum Gasteiger partial charge on any atom is -0.456 e. The number of ether oxygens (including phenoxy) is 1. The highest BCUT2D eigenvalue weighted by Crippen LogP contribution is 2.31. The third-order valence-corrected chi connectivity index (χ3v) is 3.35. The van der Waals surface area contributed by atoms with Crippen LogP contribution < -0.4 is 10.5 Å². The SMILES string of the molecule is Cc1ccc(Oc2ccc(C(C)N)cc2Br)cc1. The van der Waals surface area contributed by atoms with Crippen LogP contribution in [0.15, 0.2) is 46.9 Å². The maximum absolute atomic E-state index is 5.84. The molecule has 2 nitrogen and oxygen atoms in total. The summed E-state index contributed by atoms with van der Waals surface area (Å²) < 4.78 is 6.73. The van der Waals surface area contributed by atoms with E-state index in [0.29, 0.717) is 0 Å². The molecule has 18 heavy (non-hydrogen) atoms. The van der Waals surface area contributed by atoms with Gasteiger partial charge in [-0.25, -0.2) is 0 Å². The Morgan fingerprint density at radius 2 is 1.78 bits per heavy atom. The molecule has 0 bridgehead atoms. The smallest absolute Gasteiger partial charge is 0.141 e. The Labute approximate surface area is 116 Å². The largest absolute Gasteiger partial charge is 0.456 e. The van der Waals surface area contributed by atoms with Gasteiger partial charge < -0.3 is 10.5 Å². The van der Waals surface area contributed by atoms with Gasteiger partial charge in [0.1, 0.15) is 11.5 Å². The third-order valence-electron chi connectivity index (χ3n) is 2.73. The van der Waals surface area contributed by atoms with Crippen LogP contribution in [0.25, 0.3) is 0 Å². The number of rotatable bonds is 3. The van der Waals surface area contributed by atoms with Crippen molar-refractivity contribution in [2.24, 2.45) is 5.73 Å². The maximum atomic E-state index is 5.84. The first-order valence-electron chi connectivity index (χ1n) is 5.86. The number of hydrogen-bond donors (Lipinski definition) is 1. The van der Waals surface area contributed by atoms with Gasteiger partial charge in [-0.2, -0.15) is 0 Å². The molecule has 2 aromatic rings. The average Bonchev–Trinajstić information content (AvgIpc) is 2.34. The zero-order chi connectivity index (χ0) is 13.1. The lowest BCUT2D eigenvalue weighted by Gasteiger charge is -2.11. The Morgan fingerprint density at radius 1 is 1.11 bits per heavy atom. The van der Waals surface area contributed by atoms with Crippen LogP contribution in [-0.2, 0) is 0 Å². The molecule has 2 rings (SSSR count). The fraction of sp³-hybridized carbons (Fsp3) is 0.200. The second-order valence-corrected chi connectivity index (χ2v) is 5.25. The van der Waals surface area contributed by atoms with Gasteiger partial charge in [-0.15, -0.1) is 0 Å². The summed E-state index contributed by atoms with van der Waals surface area (Å²) >= 11 is 3.51. The van der Waals surface area contributed by atoms with Crippen molar-refractivity contribution in [3.8, 4) is 11.5 Å². The Balaban J connectivity index is 2.22. The summed E-state index contributed by atoms with van der Waals surface area (Å²) in [6.45, 7) is 4.01. The molecule has 0 aliphatic carbocycles. The molecule has 0 fully saturated rings. The van der Waals surface area contributed by atoms with Crippen LogP contribution in [-0.4, -0.2) is 0 Å². The third kappa shape index (κ3) is 3.12. The molecule has 0 saturated carbocycles. The molecule has 2 N–H and O–H groups in total. The lowest BCUT2D eigenvalue weighted by Crippen LogP contribution is -2.04. The van der Waals surface area contributed by atoms with E-state index in [2.05, 4.69) is 22.9 Å². The molecule has 0 aromatic heterocycles. The molecule has 0 aliphatic rings.